The van der Waals surface area contributed by atoms with E-state index in [2.05, 4.69) is 14.9 Å². The third kappa shape index (κ3) is 2.35. The van der Waals surface area contributed by atoms with E-state index in [0.29, 0.717) is 11.5 Å². The highest BCUT2D eigenvalue weighted by atomic mass is 16.5. The first kappa shape index (κ1) is 13.9. The highest BCUT2D eigenvalue weighted by Gasteiger charge is 2.26. The number of aromatic nitrogens is 2. The van der Waals surface area contributed by atoms with Crippen molar-refractivity contribution in [3.05, 3.63) is 18.5 Å². The second-order valence-corrected chi connectivity index (χ2v) is 5.09. The summed E-state index contributed by atoms with van der Waals surface area (Å²) >= 11 is 0. The molecule has 0 aliphatic carbocycles. The highest BCUT2D eigenvalue weighted by molar-refractivity contribution is 5.92. The van der Waals surface area contributed by atoms with Crippen LogP contribution in [0.15, 0.2) is 18.5 Å². The molecule has 1 aliphatic heterocycles. The van der Waals surface area contributed by atoms with E-state index in [1.54, 1.807) is 20.5 Å². The summed E-state index contributed by atoms with van der Waals surface area (Å²) in [5.41, 5.74) is 0.807. The number of rotatable bonds is 4. The van der Waals surface area contributed by atoms with Crippen molar-refractivity contribution in [2.75, 3.05) is 32.3 Å². The van der Waals surface area contributed by atoms with Crippen molar-refractivity contribution in [2.45, 2.75) is 18.9 Å². The predicted octanol–water partition coefficient (Wildman–Crippen LogP) is 1.61. The van der Waals surface area contributed by atoms with Gasteiger partial charge in [0.2, 0.25) is 0 Å². The Balaban J connectivity index is 2.15. The average Bonchev–Trinajstić information content (AvgIpc) is 3.01. The van der Waals surface area contributed by atoms with Gasteiger partial charge in [-0.1, -0.05) is 0 Å². The number of methoxy groups -OCH3 is 2. The topological polar surface area (TPSA) is 67.7 Å². The summed E-state index contributed by atoms with van der Waals surface area (Å²) in [6, 6.07) is 3.87. The van der Waals surface area contributed by atoms with Gasteiger partial charge in [0.15, 0.2) is 11.5 Å². The predicted molar refractivity (Wildman–Crippen MR) is 80.1 cm³/mol. The molecule has 0 radical (unpaired) electrons. The van der Waals surface area contributed by atoms with E-state index in [-0.39, 0.29) is 12.6 Å². The summed E-state index contributed by atoms with van der Waals surface area (Å²) in [6.07, 6.45) is 3.59. The number of benzene rings is 1. The lowest BCUT2D eigenvalue weighted by Crippen LogP contribution is -2.32. The van der Waals surface area contributed by atoms with Crippen LogP contribution in [-0.2, 0) is 0 Å². The van der Waals surface area contributed by atoms with Crippen LogP contribution in [0.4, 0.5) is 5.82 Å². The highest BCUT2D eigenvalue weighted by Crippen LogP contribution is 2.36. The molecule has 2 heterocycles. The third-order valence-corrected chi connectivity index (χ3v) is 3.98. The van der Waals surface area contributed by atoms with Crippen LogP contribution in [0.2, 0.25) is 0 Å². The largest absolute Gasteiger partial charge is 0.493 e. The number of hydrogen-bond acceptors (Lipinski definition) is 6. The van der Waals surface area contributed by atoms with Gasteiger partial charge in [-0.15, -0.1) is 0 Å². The molecule has 2 aromatic rings. The van der Waals surface area contributed by atoms with Gasteiger partial charge in [-0.25, -0.2) is 9.97 Å². The van der Waals surface area contributed by atoms with Crippen molar-refractivity contribution >= 4 is 16.7 Å². The second kappa shape index (κ2) is 5.73. The van der Waals surface area contributed by atoms with Crippen LogP contribution < -0.4 is 14.4 Å². The zero-order chi connectivity index (χ0) is 14.8. The molecule has 1 atom stereocenters. The summed E-state index contributed by atoms with van der Waals surface area (Å²) < 4.78 is 10.7. The van der Waals surface area contributed by atoms with Crippen LogP contribution in [0.5, 0.6) is 11.5 Å². The summed E-state index contributed by atoms with van der Waals surface area (Å²) in [6.45, 7) is 1.03. The van der Waals surface area contributed by atoms with Crippen molar-refractivity contribution < 1.29 is 14.6 Å². The van der Waals surface area contributed by atoms with Crippen molar-refractivity contribution in [2.24, 2.45) is 0 Å². The van der Waals surface area contributed by atoms with Crippen LogP contribution in [0.25, 0.3) is 10.9 Å². The van der Waals surface area contributed by atoms with Gasteiger partial charge in [0.25, 0.3) is 0 Å². The Morgan fingerprint density at radius 2 is 2.00 bits per heavy atom. The van der Waals surface area contributed by atoms with Gasteiger partial charge in [0.05, 0.1) is 32.4 Å². The standard InChI is InChI=1S/C15H19N3O3/c1-20-13-6-11-12(7-14(13)21-2)16-9-17-15(11)18-5-3-4-10(18)8-19/h6-7,9-10,19H,3-5,8H2,1-2H3. The molecular weight excluding hydrogens is 270 g/mol. The molecular formula is C15H19N3O3. The molecule has 21 heavy (non-hydrogen) atoms. The molecule has 0 bridgehead atoms. The third-order valence-electron chi connectivity index (χ3n) is 3.98. The quantitative estimate of drug-likeness (QED) is 0.922. The van der Waals surface area contributed by atoms with Crippen LogP contribution in [0.1, 0.15) is 12.8 Å². The maximum Gasteiger partial charge on any atom is 0.162 e. The molecule has 0 spiro atoms. The average molecular weight is 289 g/mol. The first-order valence-corrected chi connectivity index (χ1v) is 7.02. The van der Waals surface area contributed by atoms with E-state index in [1.165, 1.54) is 0 Å². The molecule has 1 aliphatic rings. The van der Waals surface area contributed by atoms with Gasteiger partial charge >= 0.3 is 0 Å². The second-order valence-electron chi connectivity index (χ2n) is 5.09. The normalized spacial score (nSPS) is 18.2. The first-order chi connectivity index (χ1) is 10.3. The molecule has 1 unspecified atom stereocenters. The molecule has 3 rings (SSSR count). The number of hydrogen-bond donors (Lipinski definition) is 1. The lowest BCUT2D eigenvalue weighted by Gasteiger charge is -2.25. The number of ether oxygens (including phenoxy) is 2. The number of aliphatic hydroxyl groups is 1. The molecule has 0 saturated carbocycles. The van der Waals surface area contributed by atoms with Crippen LogP contribution in [0, 0.1) is 0 Å². The Morgan fingerprint density at radius 1 is 1.24 bits per heavy atom. The van der Waals surface area contributed by atoms with E-state index >= 15 is 0 Å². The van der Waals surface area contributed by atoms with Gasteiger partial charge in [-0.3, -0.25) is 0 Å². The SMILES string of the molecule is COc1cc2ncnc(N3CCCC3CO)c2cc1OC. The Bertz CT molecular complexity index is 647. The minimum atomic E-state index is 0.121. The van der Waals surface area contributed by atoms with Crippen molar-refractivity contribution in [3.8, 4) is 11.5 Å². The summed E-state index contributed by atoms with van der Waals surface area (Å²) in [5, 5.41) is 10.4. The monoisotopic (exact) mass is 289 g/mol. The number of nitrogens with zero attached hydrogens (tertiary/aromatic N) is 3. The lowest BCUT2D eigenvalue weighted by molar-refractivity contribution is 0.266. The molecule has 6 heteroatoms. The number of anilines is 1. The fourth-order valence-corrected chi connectivity index (χ4v) is 2.90. The van der Waals surface area contributed by atoms with E-state index in [1.807, 2.05) is 12.1 Å². The number of aliphatic hydroxyl groups excluding tert-OH is 1. The summed E-state index contributed by atoms with van der Waals surface area (Å²) in [7, 11) is 3.22. The maximum absolute atomic E-state index is 9.52. The van der Waals surface area contributed by atoms with Gasteiger partial charge in [0.1, 0.15) is 12.1 Å². The molecule has 112 valence electrons. The van der Waals surface area contributed by atoms with Gasteiger partial charge in [-0.2, -0.15) is 0 Å². The van der Waals surface area contributed by atoms with Crippen LogP contribution in [0.3, 0.4) is 0 Å². The van der Waals surface area contributed by atoms with Crippen molar-refractivity contribution in [1.29, 1.82) is 0 Å². The molecule has 1 N–H and O–H groups in total. The zero-order valence-corrected chi connectivity index (χ0v) is 12.2. The Morgan fingerprint density at radius 3 is 2.71 bits per heavy atom. The molecule has 0 amide bonds. The Kier molecular flexibility index (Phi) is 3.79. The van der Waals surface area contributed by atoms with Crippen molar-refractivity contribution in [3.63, 3.8) is 0 Å². The Labute approximate surface area is 123 Å². The molecule has 1 saturated heterocycles. The first-order valence-electron chi connectivity index (χ1n) is 7.02. The van der Waals surface area contributed by atoms with E-state index in [0.717, 1.165) is 36.1 Å². The smallest absolute Gasteiger partial charge is 0.162 e. The Hall–Kier alpha value is -2.08. The summed E-state index contributed by atoms with van der Waals surface area (Å²) in [5.74, 6) is 2.15. The van der Waals surface area contributed by atoms with Gasteiger partial charge < -0.3 is 19.5 Å². The minimum Gasteiger partial charge on any atom is -0.493 e. The number of fused-ring (bicyclic) bond motifs is 1. The molecule has 1 fully saturated rings. The maximum atomic E-state index is 9.52. The fourth-order valence-electron chi connectivity index (χ4n) is 2.90. The van der Waals surface area contributed by atoms with Crippen molar-refractivity contribution in [1.82, 2.24) is 9.97 Å². The zero-order valence-electron chi connectivity index (χ0n) is 12.2. The molecule has 1 aromatic carbocycles. The van der Waals surface area contributed by atoms with E-state index in [9.17, 15) is 5.11 Å². The van der Waals surface area contributed by atoms with Crippen LogP contribution >= 0.6 is 0 Å². The lowest BCUT2D eigenvalue weighted by atomic mass is 10.2. The van der Waals surface area contributed by atoms with E-state index in [4.69, 9.17) is 9.47 Å². The van der Waals surface area contributed by atoms with E-state index < -0.39 is 0 Å². The van der Waals surface area contributed by atoms with Gasteiger partial charge in [-0.05, 0) is 18.9 Å². The van der Waals surface area contributed by atoms with Gasteiger partial charge in [0, 0.05) is 18.0 Å². The fraction of sp³-hybridized carbons (Fsp3) is 0.467. The summed E-state index contributed by atoms with van der Waals surface area (Å²) in [4.78, 5) is 10.9. The van der Waals surface area contributed by atoms with Crippen LogP contribution in [-0.4, -0.2) is 48.5 Å². The minimum absolute atomic E-state index is 0.121. The molecule has 1 aromatic heterocycles. The molecule has 6 nitrogen and oxygen atoms in total.